The van der Waals surface area contributed by atoms with Gasteiger partial charge in [0.1, 0.15) is 6.61 Å². The van der Waals surface area contributed by atoms with Gasteiger partial charge >= 0.3 is 0 Å². The third-order valence-electron chi connectivity index (χ3n) is 3.50. The molecule has 1 heterocycles. The first kappa shape index (κ1) is 11.4. The van der Waals surface area contributed by atoms with E-state index in [-0.39, 0.29) is 12.5 Å². The van der Waals surface area contributed by atoms with E-state index in [4.69, 9.17) is 10.00 Å². The molecular weight excluding hydrogens is 204 g/mol. The summed E-state index contributed by atoms with van der Waals surface area (Å²) in [6, 6.07) is 2.44. The minimum atomic E-state index is -0.430. The Morgan fingerprint density at radius 2 is 1.94 bits per heavy atom. The lowest BCUT2D eigenvalue weighted by Gasteiger charge is -2.36. The average molecular weight is 222 g/mol. The van der Waals surface area contributed by atoms with Gasteiger partial charge in [0.15, 0.2) is 6.10 Å². The van der Waals surface area contributed by atoms with E-state index >= 15 is 0 Å². The molecule has 88 valence electrons. The summed E-state index contributed by atoms with van der Waals surface area (Å²) in [5.74, 6) is 0.0541. The third kappa shape index (κ3) is 2.53. The van der Waals surface area contributed by atoms with E-state index in [0.717, 1.165) is 12.8 Å². The van der Waals surface area contributed by atoms with Gasteiger partial charge in [0.05, 0.1) is 12.6 Å². The zero-order valence-electron chi connectivity index (χ0n) is 9.52. The van der Waals surface area contributed by atoms with Crippen LogP contribution in [0.1, 0.15) is 38.5 Å². The Labute approximate surface area is 96.2 Å². The number of nitriles is 1. The molecule has 4 heteroatoms. The molecule has 1 saturated heterocycles. The highest BCUT2D eigenvalue weighted by molar-refractivity contribution is 5.78. The van der Waals surface area contributed by atoms with Crippen molar-refractivity contribution in [2.45, 2.75) is 50.7 Å². The SMILES string of the molecule is N#CC1CN(C2CCCCCC2)C(=O)CO1. The second-order valence-corrected chi connectivity index (χ2v) is 4.62. The van der Waals surface area contributed by atoms with Gasteiger partial charge in [0.25, 0.3) is 0 Å². The van der Waals surface area contributed by atoms with Crippen molar-refractivity contribution in [1.29, 1.82) is 5.26 Å². The molecule has 2 rings (SSSR count). The summed E-state index contributed by atoms with van der Waals surface area (Å²) in [5, 5.41) is 8.84. The Bertz CT molecular complexity index is 290. The Hall–Kier alpha value is -1.08. The van der Waals surface area contributed by atoms with Gasteiger partial charge < -0.3 is 9.64 Å². The number of hydrogen-bond donors (Lipinski definition) is 0. The summed E-state index contributed by atoms with van der Waals surface area (Å²) in [6.07, 6.45) is 6.70. The molecule has 1 saturated carbocycles. The molecule has 0 aromatic heterocycles. The summed E-state index contributed by atoms with van der Waals surface area (Å²) >= 11 is 0. The van der Waals surface area contributed by atoms with Crippen LogP contribution in [-0.4, -0.2) is 36.1 Å². The van der Waals surface area contributed by atoms with Gasteiger partial charge in [0, 0.05) is 6.04 Å². The van der Waals surface area contributed by atoms with Crippen molar-refractivity contribution in [2.75, 3.05) is 13.2 Å². The van der Waals surface area contributed by atoms with Crippen molar-refractivity contribution < 1.29 is 9.53 Å². The number of amides is 1. The second kappa shape index (κ2) is 5.31. The first-order valence-corrected chi connectivity index (χ1v) is 6.12. The van der Waals surface area contributed by atoms with E-state index in [0.29, 0.717) is 12.6 Å². The Morgan fingerprint density at radius 3 is 2.56 bits per heavy atom. The van der Waals surface area contributed by atoms with Gasteiger partial charge in [-0.05, 0) is 12.8 Å². The molecule has 1 aliphatic carbocycles. The fraction of sp³-hybridized carbons (Fsp3) is 0.833. The summed E-state index contributed by atoms with van der Waals surface area (Å²) in [7, 11) is 0. The molecule has 0 aromatic carbocycles. The summed E-state index contributed by atoms with van der Waals surface area (Å²) in [5.41, 5.74) is 0. The van der Waals surface area contributed by atoms with E-state index in [1.165, 1.54) is 25.7 Å². The average Bonchev–Trinajstić information content (AvgIpc) is 2.58. The standard InChI is InChI=1S/C12H18N2O2/c13-7-11-8-14(12(15)9-16-11)10-5-3-1-2-4-6-10/h10-11H,1-6,8-9H2. The number of ether oxygens (including phenoxy) is 1. The third-order valence-corrected chi connectivity index (χ3v) is 3.50. The maximum Gasteiger partial charge on any atom is 0.249 e. The molecule has 0 N–H and O–H groups in total. The van der Waals surface area contributed by atoms with E-state index < -0.39 is 6.10 Å². The van der Waals surface area contributed by atoms with Gasteiger partial charge in [-0.25, -0.2) is 0 Å². The number of carbonyl (C=O) groups excluding carboxylic acids is 1. The molecule has 0 radical (unpaired) electrons. The van der Waals surface area contributed by atoms with Crippen LogP contribution in [-0.2, 0) is 9.53 Å². The molecule has 4 nitrogen and oxygen atoms in total. The maximum absolute atomic E-state index is 11.8. The van der Waals surface area contributed by atoms with Crippen LogP contribution in [0.25, 0.3) is 0 Å². The van der Waals surface area contributed by atoms with E-state index in [1.807, 2.05) is 4.90 Å². The summed E-state index contributed by atoms with van der Waals surface area (Å²) in [6.45, 7) is 0.536. The van der Waals surface area contributed by atoms with Crippen LogP contribution < -0.4 is 0 Å². The molecular formula is C12H18N2O2. The van der Waals surface area contributed by atoms with Gasteiger partial charge in [-0.15, -0.1) is 0 Å². The number of morpholine rings is 1. The molecule has 1 unspecified atom stereocenters. The second-order valence-electron chi connectivity index (χ2n) is 4.62. The Balaban J connectivity index is 1.99. The Kier molecular flexibility index (Phi) is 3.79. The normalized spacial score (nSPS) is 28.6. The lowest BCUT2D eigenvalue weighted by atomic mass is 10.1. The zero-order chi connectivity index (χ0) is 11.4. The van der Waals surface area contributed by atoms with Crippen LogP contribution in [0.3, 0.4) is 0 Å². The molecule has 1 atom stereocenters. The van der Waals surface area contributed by atoms with Crippen molar-refractivity contribution in [2.24, 2.45) is 0 Å². The van der Waals surface area contributed by atoms with Crippen LogP contribution in [0.15, 0.2) is 0 Å². The summed E-state index contributed by atoms with van der Waals surface area (Å²) in [4.78, 5) is 13.6. The van der Waals surface area contributed by atoms with Crippen LogP contribution >= 0.6 is 0 Å². The van der Waals surface area contributed by atoms with E-state index in [2.05, 4.69) is 6.07 Å². The number of carbonyl (C=O) groups is 1. The van der Waals surface area contributed by atoms with Crippen LogP contribution in [0.5, 0.6) is 0 Å². The lowest BCUT2D eigenvalue weighted by Crippen LogP contribution is -2.50. The summed E-state index contributed by atoms with van der Waals surface area (Å²) < 4.78 is 5.14. The number of rotatable bonds is 1. The van der Waals surface area contributed by atoms with Gasteiger partial charge in [0.2, 0.25) is 5.91 Å². The number of nitrogens with zero attached hydrogens (tertiary/aromatic N) is 2. The fourth-order valence-electron chi connectivity index (χ4n) is 2.59. The molecule has 0 bridgehead atoms. The maximum atomic E-state index is 11.8. The molecule has 16 heavy (non-hydrogen) atoms. The van der Waals surface area contributed by atoms with Crippen molar-refractivity contribution in [1.82, 2.24) is 4.90 Å². The van der Waals surface area contributed by atoms with Crippen molar-refractivity contribution >= 4 is 5.91 Å². The predicted molar refractivity (Wildman–Crippen MR) is 58.6 cm³/mol. The van der Waals surface area contributed by atoms with Crippen molar-refractivity contribution in [3.63, 3.8) is 0 Å². The largest absolute Gasteiger partial charge is 0.352 e. The topological polar surface area (TPSA) is 53.3 Å². The predicted octanol–water partition coefficient (Wildman–Crippen LogP) is 1.46. The quantitative estimate of drug-likeness (QED) is 0.631. The number of hydrogen-bond acceptors (Lipinski definition) is 3. The first-order chi connectivity index (χ1) is 7.81. The van der Waals surface area contributed by atoms with Gasteiger partial charge in [-0.1, -0.05) is 25.7 Å². The fourth-order valence-corrected chi connectivity index (χ4v) is 2.59. The highest BCUT2D eigenvalue weighted by Gasteiger charge is 2.31. The van der Waals surface area contributed by atoms with Crippen LogP contribution in [0.4, 0.5) is 0 Å². The lowest BCUT2D eigenvalue weighted by molar-refractivity contribution is -0.149. The van der Waals surface area contributed by atoms with Crippen LogP contribution in [0.2, 0.25) is 0 Å². The minimum Gasteiger partial charge on any atom is -0.352 e. The van der Waals surface area contributed by atoms with Crippen LogP contribution in [0, 0.1) is 11.3 Å². The van der Waals surface area contributed by atoms with E-state index in [1.54, 1.807) is 0 Å². The smallest absolute Gasteiger partial charge is 0.249 e. The molecule has 1 aliphatic heterocycles. The van der Waals surface area contributed by atoms with E-state index in [9.17, 15) is 4.79 Å². The molecule has 0 spiro atoms. The molecule has 2 aliphatic rings. The molecule has 1 amide bonds. The van der Waals surface area contributed by atoms with Gasteiger partial charge in [-0.2, -0.15) is 5.26 Å². The Morgan fingerprint density at radius 1 is 1.25 bits per heavy atom. The molecule has 0 aromatic rings. The highest BCUT2D eigenvalue weighted by Crippen LogP contribution is 2.23. The van der Waals surface area contributed by atoms with Crippen molar-refractivity contribution in [3.8, 4) is 6.07 Å². The zero-order valence-corrected chi connectivity index (χ0v) is 9.52. The highest BCUT2D eigenvalue weighted by atomic mass is 16.5. The monoisotopic (exact) mass is 222 g/mol. The minimum absolute atomic E-state index is 0.0541. The molecule has 2 fully saturated rings. The van der Waals surface area contributed by atoms with Gasteiger partial charge in [-0.3, -0.25) is 4.79 Å². The first-order valence-electron chi connectivity index (χ1n) is 6.12. The van der Waals surface area contributed by atoms with Crippen molar-refractivity contribution in [3.05, 3.63) is 0 Å².